The highest BCUT2D eigenvalue weighted by molar-refractivity contribution is 7.98. The SMILES string of the molecule is CCOc1ccc(-n2c(SCc3csc(N(CC)C(C)=O)n3)nnc2-c2cccc(C)c2)cc1. The summed E-state index contributed by atoms with van der Waals surface area (Å²) in [5, 5.41) is 12.5. The molecule has 9 heteroatoms. The lowest BCUT2D eigenvalue weighted by atomic mass is 10.1. The molecular weight excluding hydrogens is 466 g/mol. The van der Waals surface area contributed by atoms with Crippen molar-refractivity contribution in [1.29, 1.82) is 0 Å². The lowest BCUT2D eigenvalue weighted by Gasteiger charge is -2.14. The van der Waals surface area contributed by atoms with Gasteiger partial charge in [-0.05, 0) is 51.1 Å². The Balaban J connectivity index is 1.65. The third kappa shape index (κ3) is 5.31. The number of benzene rings is 2. The van der Waals surface area contributed by atoms with Gasteiger partial charge in [0, 0.05) is 35.9 Å². The van der Waals surface area contributed by atoms with Crippen LogP contribution >= 0.6 is 23.1 Å². The number of rotatable bonds is 9. The number of aromatic nitrogens is 4. The molecule has 0 N–H and O–H groups in total. The molecule has 4 rings (SSSR count). The summed E-state index contributed by atoms with van der Waals surface area (Å²) in [6, 6.07) is 16.2. The molecule has 0 unspecified atom stereocenters. The molecule has 0 atom stereocenters. The fourth-order valence-electron chi connectivity index (χ4n) is 3.54. The maximum atomic E-state index is 11.8. The van der Waals surface area contributed by atoms with Gasteiger partial charge in [-0.15, -0.1) is 21.5 Å². The van der Waals surface area contributed by atoms with Crippen LogP contribution in [-0.2, 0) is 10.5 Å². The van der Waals surface area contributed by atoms with E-state index in [-0.39, 0.29) is 5.91 Å². The summed E-state index contributed by atoms with van der Waals surface area (Å²) in [6.45, 7) is 8.77. The van der Waals surface area contributed by atoms with Gasteiger partial charge >= 0.3 is 0 Å². The average Bonchev–Trinajstić information content (AvgIpc) is 3.46. The Hall–Kier alpha value is -3.17. The predicted molar refractivity (Wildman–Crippen MR) is 138 cm³/mol. The standard InChI is InChI=1S/C25H27N5O2S2/c1-5-29(18(4)31)24-26-20(15-33-24)16-34-25-28-27-23(19-9-7-8-17(3)14-19)30(25)21-10-12-22(13-11-21)32-6-2/h7-15H,5-6,16H2,1-4H3. The first-order valence-corrected chi connectivity index (χ1v) is 13.0. The minimum atomic E-state index is -0.00547. The minimum Gasteiger partial charge on any atom is -0.494 e. The molecule has 2 heterocycles. The first-order chi connectivity index (χ1) is 16.5. The third-order valence-electron chi connectivity index (χ3n) is 5.13. The van der Waals surface area contributed by atoms with Crippen LogP contribution in [0.2, 0.25) is 0 Å². The zero-order valence-electron chi connectivity index (χ0n) is 19.7. The van der Waals surface area contributed by atoms with E-state index < -0.39 is 0 Å². The zero-order valence-corrected chi connectivity index (χ0v) is 21.3. The Kier molecular flexibility index (Phi) is 7.64. The molecule has 0 aliphatic heterocycles. The van der Waals surface area contributed by atoms with E-state index in [1.165, 1.54) is 11.3 Å². The lowest BCUT2D eigenvalue weighted by Crippen LogP contribution is -2.27. The van der Waals surface area contributed by atoms with E-state index in [4.69, 9.17) is 4.74 Å². The van der Waals surface area contributed by atoms with Crippen LogP contribution in [0.3, 0.4) is 0 Å². The van der Waals surface area contributed by atoms with Gasteiger partial charge in [-0.1, -0.05) is 35.5 Å². The van der Waals surface area contributed by atoms with Gasteiger partial charge < -0.3 is 4.74 Å². The van der Waals surface area contributed by atoms with Crippen LogP contribution in [0, 0.1) is 6.92 Å². The summed E-state index contributed by atoms with van der Waals surface area (Å²) < 4.78 is 7.68. The van der Waals surface area contributed by atoms with Crippen molar-refractivity contribution in [3.63, 3.8) is 0 Å². The Morgan fingerprint density at radius 3 is 2.62 bits per heavy atom. The van der Waals surface area contributed by atoms with E-state index in [1.54, 1.807) is 23.6 Å². The molecular formula is C25H27N5O2S2. The molecule has 176 valence electrons. The molecule has 0 saturated heterocycles. The average molecular weight is 494 g/mol. The van der Waals surface area contributed by atoms with Crippen molar-refractivity contribution in [2.75, 3.05) is 18.1 Å². The van der Waals surface area contributed by atoms with Gasteiger partial charge in [0.05, 0.1) is 12.3 Å². The number of hydrogen-bond acceptors (Lipinski definition) is 7. The van der Waals surface area contributed by atoms with Gasteiger partial charge in [0.25, 0.3) is 0 Å². The molecule has 0 fully saturated rings. The number of nitrogens with zero attached hydrogens (tertiary/aromatic N) is 5. The zero-order chi connectivity index (χ0) is 24.1. The van der Waals surface area contributed by atoms with Gasteiger partial charge in [0.2, 0.25) is 5.91 Å². The quantitative estimate of drug-likeness (QED) is 0.276. The molecule has 2 aromatic carbocycles. The van der Waals surface area contributed by atoms with Crippen LogP contribution in [0.4, 0.5) is 5.13 Å². The molecule has 0 aliphatic carbocycles. The van der Waals surface area contributed by atoms with Crippen molar-refractivity contribution in [2.45, 2.75) is 38.6 Å². The number of thioether (sulfide) groups is 1. The second-order valence-electron chi connectivity index (χ2n) is 7.61. The molecule has 1 amide bonds. The van der Waals surface area contributed by atoms with Gasteiger partial charge in [-0.25, -0.2) is 4.98 Å². The highest BCUT2D eigenvalue weighted by atomic mass is 32.2. The Bertz CT molecular complexity index is 1270. The second kappa shape index (κ2) is 10.8. The molecule has 0 spiro atoms. The van der Waals surface area contributed by atoms with Crippen LogP contribution in [0.15, 0.2) is 59.1 Å². The highest BCUT2D eigenvalue weighted by Gasteiger charge is 2.18. The monoisotopic (exact) mass is 493 g/mol. The van der Waals surface area contributed by atoms with E-state index in [0.717, 1.165) is 44.4 Å². The molecule has 0 radical (unpaired) electrons. The number of aryl methyl sites for hydroxylation is 1. The fraction of sp³-hybridized carbons (Fsp3) is 0.280. The summed E-state index contributed by atoms with van der Waals surface area (Å²) in [7, 11) is 0. The topological polar surface area (TPSA) is 73.1 Å². The number of amides is 1. The number of carbonyl (C=O) groups is 1. The van der Waals surface area contributed by atoms with E-state index in [1.807, 2.05) is 55.6 Å². The molecule has 0 saturated carbocycles. The highest BCUT2D eigenvalue weighted by Crippen LogP contribution is 2.32. The summed E-state index contributed by atoms with van der Waals surface area (Å²) in [5.74, 6) is 2.22. The number of carbonyl (C=O) groups excluding carboxylic acids is 1. The molecule has 7 nitrogen and oxygen atoms in total. The number of anilines is 1. The van der Waals surface area contributed by atoms with Crippen molar-refractivity contribution in [3.8, 4) is 22.8 Å². The van der Waals surface area contributed by atoms with Crippen LogP contribution < -0.4 is 9.64 Å². The van der Waals surface area contributed by atoms with Crippen molar-refractivity contribution >= 4 is 34.1 Å². The molecule has 0 bridgehead atoms. The number of ether oxygens (including phenoxy) is 1. The third-order valence-corrected chi connectivity index (χ3v) is 7.01. The fourth-order valence-corrected chi connectivity index (χ4v) is 5.43. The summed E-state index contributed by atoms with van der Waals surface area (Å²) >= 11 is 3.05. The normalized spacial score (nSPS) is 10.9. The molecule has 34 heavy (non-hydrogen) atoms. The number of hydrogen-bond donors (Lipinski definition) is 0. The lowest BCUT2D eigenvalue weighted by molar-refractivity contribution is -0.116. The van der Waals surface area contributed by atoms with E-state index in [2.05, 4.69) is 38.8 Å². The summed E-state index contributed by atoms with van der Waals surface area (Å²) in [6.07, 6.45) is 0. The summed E-state index contributed by atoms with van der Waals surface area (Å²) in [5.41, 5.74) is 4.03. The largest absolute Gasteiger partial charge is 0.494 e. The maximum absolute atomic E-state index is 11.8. The van der Waals surface area contributed by atoms with Gasteiger partial charge in [0.15, 0.2) is 16.1 Å². The van der Waals surface area contributed by atoms with Crippen LogP contribution in [0.25, 0.3) is 17.1 Å². The maximum Gasteiger partial charge on any atom is 0.225 e. The van der Waals surface area contributed by atoms with Gasteiger partial charge in [-0.3, -0.25) is 14.3 Å². The van der Waals surface area contributed by atoms with Crippen LogP contribution in [-0.4, -0.2) is 38.8 Å². The molecule has 0 aliphatic rings. The predicted octanol–water partition coefficient (Wildman–Crippen LogP) is 5.76. The molecule has 4 aromatic rings. The van der Waals surface area contributed by atoms with Crippen molar-refractivity contribution in [3.05, 3.63) is 65.2 Å². The van der Waals surface area contributed by atoms with Crippen LogP contribution in [0.1, 0.15) is 32.0 Å². The second-order valence-corrected chi connectivity index (χ2v) is 9.39. The van der Waals surface area contributed by atoms with Gasteiger partial charge in [-0.2, -0.15) is 0 Å². The summed E-state index contributed by atoms with van der Waals surface area (Å²) in [4.78, 5) is 18.2. The van der Waals surface area contributed by atoms with Crippen molar-refractivity contribution in [2.24, 2.45) is 0 Å². The van der Waals surface area contributed by atoms with Crippen LogP contribution in [0.5, 0.6) is 5.75 Å². The first kappa shape index (κ1) is 24.0. The minimum absolute atomic E-state index is 0.00547. The van der Waals surface area contributed by atoms with E-state index in [9.17, 15) is 4.79 Å². The Morgan fingerprint density at radius 1 is 1.15 bits per heavy atom. The number of thiazole rings is 1. The van der Waals surface area contributed by atoms with Crippen molar-refractivity contribution in [1.82, 2.24) is 19.7 Å². The van der Waals surface area contributed by atoms with E-state index >= 15 is 0 Å². The Morgan fingerprint density at radius 2 is 1.94 bits per heavy atom. The van der Waals surface area contributed by atoms with Crippen molar-refractivity contribution < 1.29 is 9.53 Å². The van der Waals surface area contributed by atoms with E-state index in [0.29, 0.717) is 18.9 Å². The van der Waals surface area contributed by atoms with Gasteiger partial charge in [0.1, 0.15) is 5.75 Å². The Labute approximate surface area is 207 Å². The first-order valence-electron chi connectivity index (χ1n) is 11.1. The smallest absolute Gasteiger partial charge is 0.225 e. The molecule has 2 aromatic heterocycles.